The van der Waals surface area contributed by atoms with Gasteiger partial charge in [-0.2, -0.15) is 0 Å². The highest BCUT2D eigenvalue weighted by atomic mass is 16.1. The highest BCUT2D eigenvalue weighted by Gasteiger charge is 2.27. The molecule has 2 aliphatic rings. The molecular formula is C19H31N5O. The number of primary amides is 1. The van der Waals surface area contributed by atoms with E-state index < -0.39 is 5.91 Å². The molecule has 3 rings (SSSR count). The fraction of sp³-hybridized carbons (Fsp3) is 0.684. The first kappa shape index (κ1) is 18.1. The van der Waals surface area contributed by atoms with E-state index in [9.17, 15) is 4.79 Å². The van der Waals surface area contributed by atoms with E-state index in [2.05, 4.69) is 33.5 Å². The van der Waals surface area contributed by atoms with E-state index in [0.29, 0.717) is 17.8 Å². The smallest absolute Gasteiger partial charge is 0.267 e. The molecule has 1 amide bonds. The van der Waals surface area contributed by atoms with Crippen molar-refractivity contribution < 1.29 is 4.79 Å². The van der Waals surface area contributed by atoms with Gasteiger partial charge in [-0.05, 0) is 58.3 Å². The lowest BCUT2D eigenvalue weighted by Crippen LogP contribution is -2.47. The van der Waals surface area contributed by atoms with Crippen LogP contribution in [0.15, 0.2) is 18.2 Å². The summed E-state index contributed by atoms with van der Waals surface area (Å²) < 4.78 is 0. The molecule has 0 unspecified atom stereocenters. The Bertz CT molecular complexity index is 583. The van der Waals surface area contributed by atoms with Crippen LogP contribution in [-0.2, 0) is 0 Å². The van der Waals surface area contributed by atoms with E-state index in [1.54, 1.807) is 6.07 Å². The van der Waals surface area contributed by atoms with E-state index in [0.717, 1.165) is 38.4 Å². The van der Waals surface area contributed by atoms with Gasteiger partial charge in [0.2, 0.25) is 0 Å². The number of hydrogen-bond donors (Lipinski definition) is 1. The second-order valence-corrected chi connectivity index (χ2v) is 7.48. The summed E-state index contributed by atoms with van der Waals surface area (Å²) in [5, 5.41) is 0. The molecule has 1 aromatic heterocycles. The van der Waals surface area contributed by atoms with Crippen LogP contribution in [-0.4, -0.2) is 72.0 Å². The van der Waals surface area contributed by atoms with Gasteiger partial charge < -0.3 is 15.5 Å². The quantitative estimate of drug-likeness (QED) is 0.897. The largest absolute Gasteiger partial charge is 0.364 e. The monoisotopic (exact) mass is 345 g/mol. The highest BCUT2D eigenvalue weighted by molar-refractivity contribution is 5.91. The number of carbonyl (C=O) groups excluding carboxylic acids is 1. The number of hydrogen-bond acceptors (Lipinski definition) is 5. The fourth-order valence-corrected chi connectivity index (χ4v) is 4.04. The second-order valence-electron chi connectivity index (χ2n) is 7.48. The van der Waals surface area contributed by atoms with Gasteiger partial charge in [-0.3, -0.25) is 9.69 Å². The van der Waals surface area contributed by atoms with Crippen LogP contribution in [0.4, 0.5) is 5.82 Å². The van der Waals surface area contributed by atoms with Crippen LogP contribution in [0, 0.1) is 0 Å². The fourth-order valence-electron chi connectivity index (χ4n) is 4.04. The predicted octanol–water partition coefficient (Wildman–Crippen LogP) is 1.57. The average Bonchev–Trinajstić information content (AvgIpc) is 2.88. The van der Waals surface area contributed by atoms with Crippen molar-refractivity contribution in [3.05, 3.63) is 23.9 Å². The maximum absolute atomic E-state index is 11.4. The Morgan fingerprint density at radius 3 is 2.56 bits per heavy atom. The maximum atomic E-state index is 11.4. The van der Waals surface area contributed by atoms with Gasteiger partial charge in [0.1, 0.15) is 11.5 Å². The Morgan fingerprint density at radius 1 is 1.12 bits per heavy atom. The van der Waals surface area contributed by atoms with Crippen molar-refractivity contribution in [2.45, 2.75) is 45.2 Å². The standard InChI is InChI=1S/C19H31N5O/c1-15(2)22-11-7-16(8-12-22)23-9-4-10-24(14-13-23)18-6-3-5-17(21-18)19(20)25/h3,5-6,15-16H,4,7-14H2,1-2H3,(H2,20,25). The van der Waals surface area contributed by atoms with Gasteiger partial charge >= 0.3 is 0 Å². The third kappa shape index (κ3) is 4.50. The summed E-state index contributed by atoms with van der Waals surface area (Å²) in [6, 6.07) is 6.89. The van der Waals surface area contributed by atoms with Crippen molar-refractivity contribution in [1.29, 1.82) is 0 Å². The molecule has 2 aliphatic heterocycles. The molecule has 6 nitrogen and oxygen atoms in total. The van der Waals surface area contributed by atoms with E-state index >= 15 is 0 Å². The highest BCUT2D eigenvalue weighted by Crippen LogP contribution is 2.21. The van der Waals surface area contributed by atoms with E-state index in [4.69, 9.17) is 5.73 Å². The first-order chi connectivity index (χ1) is 12.0. The number of likely N-dealkylation sites (tertiary alicyclic amines) is 1. The summed E-state index contributed by atoms with van der Waals surface area (Å²) in [4.78, 5) is 23.3. The van der Waals surface area contributed by atoms with Crippen LogP contribution < -0.4 is 10.6 Å². The zero-order valence-electron chi connectivity index (χ0n) is 15.5. The summed E-state index contributed by atoms with van der Waals surface area (Å²) in [7, 11) is 0. The van der Waals surface area contributed by atoms with Crippen LogP contribution in [0.1, 0.15) is 43.6 Å². The zero-order chi connectivity index (χ0) is 17.8. The van der Waals surface area contributed by atoms with E-state index in [1.165, 1.54) is 25.9 Å². The minimum Gasteiger partial charge on any atom is -0.364 e. The van der Waals surface area contributed by atoms with E-state index in [-0.39, 0.29) is 0 Å². The average molecular weight is 345 g/mol. The summed E-state index contributed by atoms with van der Waals surface area (Å²) >= 11 is 0. The molecule has 2 saturated heterocycles. The van der Waals surface area contributed by atoms with Crippen molar-refractivity contribution in [2.24, 2.45) is 5.73 Å². The van der Waals surface area contributed by atoms with Gasteiger partial charge in [0.25, 0.3) is 5.91 Å². The Kier molecular flexibility index (Phi) is 5.91. The SMILES string of the molecule is CC(C)N1CCC(N2CCCN(c3cccc(C(N)=O)n3)CC2)CC1. The number of nitrogens with two attached hydrogens (primary N) is 1. The maximum Gasteiger partial charge on any atom is 0.267 e. The summed E-state index contributed by atoms with van der Waals surface area (Å²) in [6.07, 6.45) is 3.67. The number of piperidine rings is 1. The van der Waals surface area contributed by atoms with Crippen LogP contribution >= 0.6 is 0 Å². The van der Waals surface area contributed by atoms with Gasteiger partial charge in [0.15, 0.2) is 0 Å². The zero-order valence-corrected chi connectivity index (χ0v) is 15.5. The van der Waals surface area contributed by atoms with Crippen molar-refractivity contribution in [2.75, 3.05) is 44.2 Å². The van der Waals surface area contributed by atoms with Gasteiger partial charge in [-0.1, -0.05) is 6.07 Å². The Hall–Kier alpha value is -1.66. The molecule has 1 aromatic rings. The number of pyridine rings is 1. The Morgan fingerprint density at radius 2 is 1.88 bits per heavy atom. The first-order valence-corrected chi connectivity index (χ1v) is 9.54. The molecule has 6 heteroatoms. The lowest BCUT2D eigenvalue weighted by atomic mass is 10.0. The molecule has 0 bridgehead atoms. The minimum absolute atomic E-state index is 0.347. The molecule has 25 heavy (non-hydrogen) atoms. The van der Waals surface area contributed by atoms with Crippen LogP contribution in [0.2, 0.25) is 0 Å². The van der Waals surface area contributed by atoms with Crippen LogP contribution in [0.25, 0.3) is 0 Å². The van der Waals surface area contributed by atoms with Crippen molar-refractivity contribution in [3.63, 3.8) is 0 Å². The lowest BCUT2D eigenvalue weighted by molar-refractivity contribution is 0.0965. The Labute approximate surface area is 151 Å². The van der Waals surface area contributed by atoms with Crippen molar-refractivity contribution in [3.8, 4) is 0 Å². The topological polar surface area (TPSA) is 65.7 Å². The van der Waals surface area contributed by atoms with Gasteiger partial charge in [-0.15, -0.1) is 0 Å². The Balaban J connectivity index is 1.58. The third-order valence-corrected chi connectivity index (χ3v) is 5.59. The molecule has 2 fully saturated rings. The number of anilines is 1. The minimum atomic E-state index is -0.463. The predicted molar refractivity (Wildman–Crippen MR) is 101 cm³/mol. The first-order valence-electron chi connectivity index (χ1n) is 9.54. The third-order valence-electron chi connectivity index (χ3n) is 5.59. The number of nitrogens with zero attached hydrogens (tertiary/aromatic N) is 4. The molecule has 138 valence electrons. The molecule has 3 heterocycles. The van der Waals surface area contributed by atoms with Gasteiger partial charge in [-0.25, -0.2) is 4.98 Å². The lowest BCUT2D eigenvalue weighted by Gasteiger charge is -2.39. The van der Waals surface area contributed by atoms with E-state index in [1.807, 2.05) is 12.1 Å². The number of aromatic nitrogens is 1. The summed E-state index contributed by atoms with van der Waals surface area (Å²) in [5.41, 5.74) is 5.71. The van der Waals surface area contributed by atoms with Gasteiger partial charge in [0, 0.05) is 38.3 Å². The summed E-state index contributed by atoms with van der Waals surface area (Å²) in [5.74, 6) is 0.406. The molecule has 0 spiro atoms. The number of rotatable bonds is 4. The molecule has 0 atom stereocenters. The molecular weight excluding hydrogens is 314 g/mol. The van der Waals surface area contributed by atoms with Crippen LogP contribution in [0.3, 0.4) is 0 Å². The van der Waals surface area contributed by atoms with Crippen LogP contribution in [0.5, 0.6) is 0 Å². The second kappa shape index (κ2) is 8.15. The normalized spacial score (nSPS) is 21.5. The number of carbonyl (C=O) groups is 1. The number of amides is 1. The molecule has 2 N–H and O–H groups in total. The molecule has 0 aliphatic carbocycles. The molecule has 0 aromatic carbocycles. The molecule has 0 saturated carbocycles. The van der Waals surface area contributed by atoms with Gasteiger partial charge in [0.05, 0.1) is 0 Å². The summed E-state index contributed by atoms with van der Waals surface area (Å²) in [6.45, 7) is 11.2. The van der Waals surface area contributed by atoms with Crippen molar-refractivity contribution >= 4 is 11.7 Å². The molecule has 0 radical (unpaired) electrons. The van der Waals surface area contributed by atoms with Crippen molar-refractivity contribution in [1.82, 2.24) is 14.8 Å².